The standard InChI is InChI=1S/C24H27N5O2/c1-17(2)27-24(30)29-19-13-11-18(12-14-19)16-26-23(25)28-20-7-6-10-22(15-20)31-21-8-4-3-5-9-21/h3-15,17H,16H2,1-2H3,(H3,25,26,28)(H2,27,29,30). The first kappa shape index (κ1) is 21.7. The van der Waals surface area contributed by atoms with Gasteiger partial charge in [-0.3, -0.25) is 0 Å². The number of carbonyl (C=O) groups excluding carboxylic acids is 1. The summed E-state index contributed by atoms with van der Waals surface area (Å²) in [5, 5.41) is 8.64. The predicted octanol–water partition coefficient (Wildman–Crippen LogP) is 4.94. The number of anilines is 2. The minimum Gasteiger partial charge on any atom is -0.457 e. The van der Waals surface area contributed by atoms with Crippen molar-refractivity contribution in [1.82, 2.24) is 5.32 Å². The summed E-state index contributed by atoms with van der Waals surface area (Å²) < 4.78 is 5.83. The molecule has 0 aromatic heterocycles. The van der Waals surface area contributed by atoms with Gasteiger partial charge in [-0.05, 0) is 55.8 Å². The number of aliphatic imine (C=N–C) groups is 1. The quantitative estimate of drug-likeness (QED) is 0.323. The summed E-state index contributed by atoms with van der Waals surface area (Å²) >= 11 is 0. The third-order valence-corrected chi connectivity index (χ3v) is 4.15. The smallest absolute Gasteiger partial charge is 0.319 e. The molecule has 0 atom stereocenters. The molecule has 0 saturated carbocycles. The van der Waals surface area contributed by atoms with Crippen LogP contribution in [0.1, 0.15) is 19.4 Å². The molecule has 7 nitrogen and oxygen atoms in total. The Labute approximate surface area is 182 Å². The van der Waals surface area contributed by atoms with Gasteiger partial charge < -0.3 is 26.4 Å². The lowest BCUT2D eigenvalue weighted by Crippen LogP contribution is -2.34. The van der Waals surface area contributed by atoms with E-state index in [0.717, 1.165) is 17.0 Å². The number of ether oxygens (including phenoxy) is 1. The van der Waals surface area contributed by atoms with Crippen LogP contribution in [0.3, 0.4) is 0 Å². The molecule has 160 valence electrons. The van der Waals surface area contributed by atoms with Crippen LogP contribution in [-0.2, 0) is 6.54 Å². The molecule has 0 aliphatic rings. The lowest BCUT2D eigenvalue weighted by Gasteiger charge is -2.10. The number of nitrogens with two attached hydrogens (primary N) is 1. The van der Waals surface area contributed by atoms with Gasteiger partial charge in [-0.25, -0.2) is 9.79 Å². The van der Waals surface area contributed by atoms with Crippen LogP contribution in [0.5, 0.6) is 11.5 Å². The Morgan fingerprint density at radius 2 is 1.61 bits per heavy atom. The van der Waals surface area contributed by atoms with Gasteiger partial charge in [0.1, 0.15) is 11.5 Å². The van der Waals surface area contributed by atoms with Crippen LogP contribution in [0.4, 0.5) is 16.2 Å². The van der Waals surface area contributed by atoms with Crippen molar-refractivity contribution in [2.75, 3.05) is 10.6 Å². The van der Waals surface area contributed by atoms with Crippen LogP contribution in [0.15, 0.2) is 83.9 Å². The molecule has 0 aliphatic heterocycles. The maximum Gasteiger partial charge on any atom is 0.319 e. The van der Waals surface area contributed by atoms with E-state index in [1.807, 2.05) is 92.7 Å². The number of para-hydroxylation sites is 1. The highest BCUT2D eigenvalue weighted by Crippen LogP contribution is 2.23. The van der Waals surface area contributed by atoms with E-state index in [9.17, 15) is 4.79 Å². The molecule has 3 aromatic rings. The van der Waals surface area contributed by atoms with E-state index in [2.05, 4.69) is 20.9 Å². The molecule has 0 heterocycles. The number of nitrogens with one attached hydrogen (secondary N) is 3. The number of benzene rings is 3. The molecule has 0 bridgehead atoms. The molecule has 0 unspecified atom stereocenters. The van der Waals surface area contributed by atoms with Crippen LogP contribution < -0.4 is 26.4 Å². The van der Waals surface area contributed by atoms with Gasteiger partial charge >= 0.3 is 6.03 Å². The van der Waals surface area contributed by atoms with Crippen LogP contribution in [-0.4, -0.2) is 18.0 Å². The van der Waals surface area contributed by atoms with E-state index in [0.29, 0.717) is 23.9 Å². The number of rotatable bonds is 7. The third-order valence-electron chi connectivity index (χ3n) is 4.15. The summed E-state index contributed by atoms with van der Waals surface area (Å²) in [7, 11) is 0. The summed E-state index contributed by atoms with van der Waals surface area (Å²) in [4.78, 5) is 16.1. The van der Waals surface area contributed by atoms with Crippen LogP contribution in [0.25, 0.3) is 0 Å². The molecule has 5 N–H and O–H groups in total. The van der Waals surface area contributed by atoms with Crippen molar-refractivity contribution >= 4 is 23.4 Å². The van der Waals surface area contributed by atoms with Crippen molar-refractivity contribution in [1.29, 1.82) is 0 Å². The summed E-state index contributed by atoms with van der Waals surface area (Å²) in [5.41, 5.74) is 8.50. The average molecular weight is 418 g/mol. The van der Waals surface area contributed by atoms with Crippen LogP contribution >= 0.6 is 0 Å². The molecule has 0 saturated heterocycles. The Hall–Kier alpha value is -4.00. The predicted molar refractivity (Wildman–Crippen MR) is 126 cm³/mol. The summed E-state index contributed by atoms with van der Waals surface area (Å²) in [6.07, 6.45) is 0. The Balaban J connectivity index is 1.54. The number of hydrogen-bond acceptors (Lipinski definition) is 3. The Kier molecular flexibility index (Phi) is 7.48. The van der Waals surface area contributed by atoms with Crippen molar-refractivity contribution < 1.29 is 9.53 Å². The first-order valence-electron chi connectivity index (χ1n) is 10.0. The molecular formula is C24H27N5O2. The van der Waals surface area contributed by atoms with Crippen molar-refractivity contribution in [3.05, 3.63) is 84.4 Å². The summed E-state index contributed by atoms with van der Waals surface area (Å²) in [6.45, 7) is 4.23. The first-order chi connectivity index (χ1) is 15.0. The van der Waals surface area contributed by atoms with Crippen molar-refractivity contribution in [3.63, 3.8) is 0 Å². The molecule has 3 rings (SSSR count). The van der Waals surface area contributed by atoms with Crippen LogP contribution in [0, 0.1) is 0 Å². The number of nitrogens with zero attached hydrogens (tertiary/aromatic N) is 1. The molecule has 0 radical (unpaired) electrons. The summed E-state index contributed by atoms with van der Waals surface area (Å²) in [6, 6.07) is 24.4. The number of guanidine groups is 1. The average Bonchev–Trinajstić information content (AvgIpc) is 2.74. The third kappa shape index (κ3) is 7.40. The van der Waals surface area contributed by atoms with Crippen molar-refractivity contribution in [2.24, 2.45) is 10.7 Å². The summed E-state index contributed by atoms with van der Waals surface area (Å²) in [5.74, 6) is 1.77. The van der Waals surface area contributed by atoms with Gasteiger partial charge in [0.05, 0.1) is 6.54 Å². The van der Waals surface area contributed by atoms with Gasteiger partial charge in [-0.15, -0.1) is 0 Å². The highest BCUT2D eigenvalue weighted by atomic mass is 16.5. The fourth-order valence-corrected chi connectivity index (χ4v) is 2.75. The second-order valence-corrected chi connectivity index (χ2v) is 7.22. The minimum atomic E-state index is -0.229. The Bertz CT molecular complexity index is 1020. The van der Waals surface area contributed by atoms with Gasteiger partial charge in [-0.1, -0.05) is 36.4 Å². The van der Waals surface area contributed by atoms with E-state index >= 15 is 0 Å². The topological polar surface area (TPSA) is 101 Å². The van der Waals surface area contributed by atoms with Gasteiger partial charge in [0.15, 0.2) is 5.96 Å². The van der Waals surface area contributed by atoms with E-state index in [1.165, 1.54) is 0 Å². The monoisotopic (exact) mass is 417 g/mol. The van der Waals surface area contributed by atoms with E-state index in [-0.39, 0.29) is 12.1 Å². The molecule has 0 spiro atoms. The van der Waals surface area contributed by atoms with Crippen LogP contribution in [0.2, 0.25) is 0 Å². The molecule has 31 heavy (non-hydrogen) atoms. The molecule has 3 aromatic carbocycles. The largest absolute Gasteiger partial charge is 0.457 e. The van der Waals surface area contributed by atoms with E-state index in [1.54, 1.807) is 0 Å². The first-order valence-corrected chi connectivity index (χ1v) is 10.0. The zero-order chi connectivity index (χ0) is 22.1. The Morgan fingerprint density at radius 1 is 0.903 bits per heavy atom. The molecule has 2 amide bonds. The highest BCUT2D eigenvalue weighted by molar-refractivity contribution is 5.92. The minimum absolute atomic E-state index is 0.0784. The number of amides is 2. The van der Waals surface area contributed by atoms with Gasteiger partial charge in [0, 0.05) is 23.5 Å². The molecule has 0 fully saturated rings. The molecule has 0 aliphatic carbocycles. The lowest BCUT2D eigenvalue weighted by molar-refractivity contribution is 0.250. The number of carbonyl (C=O) groups is 1. The molecular weight excluding hydrogens is 390 g/mol. The van der Waals surface area contributed by atoms with Crippen molar-refractivity contribution in [3.8, 4) is 11.5 Å². The fourth-order valence-electron chi connectivity index (χ4n) is 2.75. The second kappa shape index (κ2) is 10.7. The maximum atomic E-state index is 11.7. The van der Waals surface area contributed by atoms with Crippen molar-refractivity contribution in [2.45, 2.75) is 26.4 Å². The SMILES string of the molecule is CC(C)NC(=O)Nc1ccc(CN=C(N)Nc2cccc(Oc3ccccc3)c2)cc1. The molecule has 7 heteroatoms. The maximum absolute atomic E-state index is 11.7. The fraction of sp³-hybridized carbons (Fsp3) is 0.167. The zero-order valence-electron chi connectivity index (χ0n) is 17.6. The second-order valence-electron chi connectivity index (χ2n) is 7.22. The van der Waals surface area contributed by atoms with E-state index in [4.69, 9.17) is 10.5 Å². The number of urea groups is 1. The van der Waals surface area contributed by atoms with Gasteiger partial charge in [0.2, 0.25) is 0 Å². The Morgan fingerprint density at radius 3 is 2.32 bits per heavy atom. The number of hydrogen-bond donors (Lipinski definition) is 4. The normalized spacial score (nSPS) is 11.1. The highest BCUT2D eigenvalue weighted by Gasteiger charge is 2.04. The zero-order valence-corrected chi connectivity index (χ0v) is 17.6. The van der Waals surface area contributed by atoms with E-state index < -0.39 is 0 Å². The lowest BCUT2D eigenvalue weighted by atomic mass is 10.2. The van der Waals surface area contributed by atoms with Gasteiger partial charge in [-0.2, -0.15) is 0 Å². The van der Waals surface area contributed by atoms with Gasteiger partial charge in [0.25, 0.3) is 0 Å².